The predicted octanol–water partition coefficient (Wildman–Crippen LogP) is 4.04. The Hall–Kier alpha value is -3.26. The van der Waals surface area contributed by atoms with Gasteiger partial charge in [0.2, 0.25) is 0 Å². The van der Waals surface area contributed by atoms with Crippen LogP contribution in [0.2, 0.25) is 0 Å². The molecular weight excluding hydrogens is 404 g/mol. The molecule has 0 amide bonds. The van der Waals surface area contributed by atoms with E-state index in [0.717, 1.165) is 29.2 Å². The van der Waals surface area contributed by atoms with Gasteiger partial charge in [-0.05, 0) is 36.4 Å². The summed E-state index contributed by atoms with van der Waals surface area (Å²) in [6.07, 6.45) is 0.867. The molecule has 2 aliphatic heterocycles. The van der Waals surface area contributed by atoms with Gasteiger partial charge in [0.15, 0.2) is 33.9 Å². The Bertz CT molecular complexity index is 1080. The second-order valence-electron chi connectivity index (χ2n) is 6.89. The maximum Gasteiger partial charge on any atom is 0.183 e. The number of ketones is 1. The van der Waals surface area contributed by atoms with Gasteiger partial charge in [-0.3, -0.25) is 4.79 Å². The minimum Gasteiger partial charge on any atom is -0.490 e. The molecule has 0 unspecified atom stereocenters. The maximum absolute atomic E-state index is 12.6. The number of benzene rings is 2. The summed E-state index contributed by atoms with van der Waals surface area (Å²) in [4.78, 5) is 17.2. The Balaban J connectivity index is 1.25. The average molecular weight is 424 g/mol. The third kappa shape index (κ3) is 3.91. The first-order valence-corrected chi connectivity index (χ1v) is 10.7. The first kappa shape index (κ1) is 18.7. The van der Waals surface area contributed by atoms with Crippen LogP contribution in [0.4, 0.5) is 5.13 Å². The summed E-state index contributed by atoms with van der Waals surface area (Å²) in [5, 5.41) is 5.75. The van der Waals surface area contributed by atoms with Crippen molar-refractivity contribution in [3.05, 3.63) is 47.3 Å². The number of carbonyl (C=O) groups is 1. The van der Waals surface area contributed by atoms with Crippen LogP contribution in [0.25, 0.3) is 11.3 Å². The van der Waals surface area contributed by atoms with E-state index in [2.05, 4.69) is 10.3 Å². The molecule has 154 valence electrons. The van der Waals surface area contributed by atoms with E-state index in [1.165, 1.54) is 11.3 Å². The number of nitrogens with zero attached hydrogens (tertiary/aromatic N) is 1. The van der Waals surface area contributed by atoms with Crippen LogP contribution in [0.1, 0.15) is 16.8 Å². The molecule has 8 heteroatoms. The predicted molar refractivity (Wildman–Crippen MR) is 113 cm³/mol. The second kappa shape index (κ2) is 8.23. The molecule has 0 aliphatic carbocycles. The number of rotatable bonds is 5. The van der Waals surface area contributed by atoms with Crippen LogP contribution < -0.4 is 24.3 Å². The normalized spacial score (nSPS) is 14.7. The summed E-state index contributed by atoms with van der Waals surface area (Å²) in [7, 11) is 0. The fourth-order valence-electron chi connectivity index (χ4n) is 3.28. The molecule has 2 aliphatic rings. The van der Waals surface area contributed by atoms with Crippen molar-refractivity contribution in [1.82, 2.24) is 4.98 Å². The van der Waals surface area contributed by atoms with Gasteiger partial charge < -0.3 is 24.3 Å². The fourth-order valence-corrected chi connectivity index (χ4v) is 4.00. The molecule has 30 heavy (non-hydrogen) atoms. The number of fused-ring (bicyclic) bond motifs is 2. The van der Waals surface area contributed by atoms with E-state index < -0.39 is 0 Å². The number of aromatic nitrogens is 1. The van der Waals surface area contributed by atoms with Crippen molar-refractivity contribution in [2.75, 3.05) is 38.3 Å². The first-order chi connectivity index (χ1) is 14.8. The number of Topliss-reactive ketones (excluding diaryl/α,β-unsaturated/α-hetero) is 1. The number of hydrogen-bond donors (Lipinski definition) is 1. The number of carbonyl (C=O) groups excluding carboxylic acids is 1. The van der Waals surface area contributed by atoms with Gasteiger partial charge in [-0.25, -0.2) is 4.98 Å². The number of ether oxygens (including phenoxy) is 4. The third-order valence-corrected chi connectivity index (χ3v) is 5.61. The number of hydrogen-bond acceptors (Lipinski definition) is 8. The van der Waals surface area contributed by atoms with Crippen molar-refractivity contribution in [3.8, 4) is 34.3 Å². The SMILES string of the molecule is O=C(CNc1nc(-c2ccc3c(c2)OCCCO3)cs1)c1ccc2c(c1)OCCO2. The Morgan fingerprint density at radius 3 is 2.47 bits per heavy atom. The van der Waals surface area contributed by atoms with E-state index in [0.29, 0.717) is 48.6 Å². The van der Waals surface area contributed by atoms with Crippen LogP contribution >= 0.6 is 11.3 Å². The zero-order valence-corrected chi connectivity index (χ0v) is 17.0. The largest absolute Gasteiger partial charge is 0.490 e. The molecule has 0 radical (unpaired) electrons. The lowest BCUT2D eigenvalue weighted by Gasteiger charge is -2.18. The Labute approximate surface area is 177 Å². The third-order valence-electron chi connectivity index (χ3n) is 4.81. The van der Waals surface area contributed by atoms with Gasteiger partial charge in [0, 0.05) is 22.9 Å². The summed E-state index contributed by atoms with van der Waals surface area (Å²) in [5.41, 5.74) is 2.35. The van der Waals surface area contributed by atoms with Crippen molar-refractivity contribution in [3.63, 3.8) is 0 Å². The molecule has 0 saturated heterocycles. The van der Waals surface area contributed by atoms with Gasteiger partial charge in [0.1, 0.15) is 13.2 Å². The second-order valence-corrected chi connectivity index (χ2v) is 7.74. The van der Waals surface area contributed by atoms with Crippen LogP contribution in [0, 0.1) is 0 Å². The van der Waals surface area contributed by atoms with Gasteiger partial charge in [0.05, 0.1) is 25.5 Å². The van der Waals surface area contributed by atoms with Gasteiger partial charge in [-0.1, -0.05) is 0 Å². The fraction of sp³-hybridized carbons (Fsp3) is 0.273. The smallest absolute Gasteiger partial charge is 0.183 e. The highest BCUT2D eigenvalue weighted by atomic mass is 32.1. The topological polar surface area (TPSA) is 78.9 Å². The van der Waals surface area contributed by atoms with Crippen molar-refractivity contribution < 1.29 is 23.7 Å². The lowest BCUT2D eigenvalue weighted by Crippen LogP contribution is -2.17. The molecule has 0 bridgehead atoms. The van der Waals surface area contributed by atoms with Crippen LogP contribution in [-0.2, 0) is 0 Å². The molecule has 2 aromatic carbocycles. The molecule has 7 nitrogen and oxygen atoms in total. The zero-order chi connectivity index (χ0) is 20.3. The lowest BCUT2D eigenvalue weighted by atomic mass is 10.1. The van der Waals surface area contributed by atoms with E-state index >= 15 is 0 Å². The Kier molecular flexibility index (Phi) is 5.15. The highest BCUT2D eigenvalue weighted by Crippen LogP contribution is 2.35. The summed E-state index contributed by atoms with van der Waals surface area (Å²) in [6, 6.07) is 11.1. The lowest BCUT2D eigenvalue weighted by molar-refractivity contribution is 0.100. The Morgan fingerprint density at radius 2 is 1.60 bits per heavy atom. The molecule has 3 aromatic rings. The van der Waals surface area contributed by atoms with Crippen LogP contribution in [0.15, 0.2) is 41.8 Å². The molecule has 0 atom stereocenters. The number of anilines is 1. The monoisotopic (exact) mass is 424 g/mol. The summed E-state index contributed by atoms with van der Waals surface area (Å²) in [6.45, 7) is 2.47. The molecule has 3 heterocycles. The molecule has 1 aromatic heterocycles. The standard InChI is InChI=1S/C22H20N2O5S/c25-17(15-3-5-19-21(11-15)29-9-8-28-19)12-23-22-24-16(13-30-22)14-2-4-18-20(10-14)27-7-1-6-26-18/h2-5,10-11,13H,1,6-9,12H2,(H,23,24). The summed E-state index contributed by atoms with van der Waals surface area (Å²) >= 11 is 1.45. The van der Waals surface area contributed by atoms with Crippen LogP contribution in [-0.4, -0.2) is 43.7 Å². The zero-order valence-electron chi connectivity index (χ0n) is 16.2. The average Bonchev–Trinajstić information content (AvgIpc) is 3.14. The number of nitrogens with one attached hydrogen (secondary N) is 1. The molecule has 0 spiro atoms. The summed E-state index contributed by atoms with van der Waals surface area (Å²) < 4.78 is 22.5. The van der Waals surface area contributed by atoms with Crippen molar-refractivity contribution in [1.29, 1.82) is 0 Å². The maximum atomic E-state index is 12.6. The highest BCUT2D eigenvalue weighted by molar-refractivity contribution is 7.14. The minimum absolute atomic E-state index is 0.0423. The highest BCUT2D eigenvalue weighted by Gasteiger charge is 2.16. The van der Waals surface area contributed by atoms with Gasteiger partial charge >= 0.3 is 0 Å². The molecule has 0 fully saturated rings. The summed E-state index contributed by atoms with van der Waals surface area (Å²) in [5.74, 6) is 2.74. The van der Waals surface area contributed by atoms with Crippen LogP contribution in [0.5, 0.6) is 23.0 Å². The van der Waals surface area contributed by atoms with E-state index in [4.69, 9.17) is 18.9 Å². The van der Waals surface area contributed by atoms with E-state index in [9.17, 15) is 4.79 Å². The molecule has 0 saturated carbocycles. The number of thiazole rings is 1. The van der Waals surface area contributed by atoms with Crippen molar-refractivity contribution in [2.45, 2.75) is 6.42 Å². The molecule has 5 rings (SSSR count). The Morgan fingerprint density at radius 1 is 0.900 bits per heavy atom. The first-order valence-electron chi connectivity index (χ1n) is 9.78. The molecule has 1 N–H and O–H groups in total. The van der Waals surface area contributed by atoms with Crippen molar-refractivity contribution in [2.24, 2.45) is 0 Å². The molecular formula is C22H20N2O5S. The van der Waals surface area contributed by atoms with Crippen molar-refractivity contribution >= 4 is 22.3 Å². The van der Waals surface area contributed by atoms with E-state index in [1.807, 2.05) is 23.6 Å². The van der Waals surface area contributed by atoms with Gasteiger partial charge in [-0.15, -0.1) is 11.3 Å². The van der Waals surface area contributed by atoms with Gasteiger partial charge in [0.25, 0.3) is 0 Å². The van der Waals surface area contributed by atoms with Gasteiger partial charge in [-0.2, -0.15) is 0 Å². The quantitative estimate of drug-likeness (QED) is 0.619. The van der Waals surface area contributed by atoms with Crippen LogP contribution in [0.3, 0.4) is 0 Å². The minimum atomic E-state index is -0.0423. The van der Waals surface area contributed by atoms with E-state index in [-0.39, 0.29) is 12.3 Å². The van der Waals surface area contributed by atoms with E-state index in [1.54, 1.807) is 18.2 Å².